The molecule has 2 aromatic carbocycles. The Bertz CT molecular complexity index is 1320. The lowest BCUT2D eigenvalue weighted by atomic mass is 10.2. The molecule has 0 saturated heterocycles. The Kier molecular flexibility index (Phi) is 6.01. The summed E-state index contributed by atoms with van der Waals surface area (Å²) in [4.78, 5) is 29.1. The summed E-state index contributed by atoms with van der Waals surface area (Å²) in [6.07, 6.45) is 2.91. The van der Waals surface area contributed by atoms with Gasteiger partial charge in [-0.3, -0.25) is 4.79 Å². The molecule has 0 aliphatic rings. The van der Waals surface area contributed by atoms with Crippen LogP contribution in [-0.2, 0) is 17.1 Å². The molecule has 0 aliphatic heterocycles. The molecule has 0 bridgehead atoms. The summed E-state index contributed by atoms with van der Waals surface area (Å²) in [5, 5.41) is 7.58. The molecule has 4 aromatic rings. The third-order valence-electron chi connectivity index (χ3n) is 4.25. The molecule has 11 heteroatoms. The van der Waals surface area contributed by atoms with E-state index in [4.69, 9.17) is 11.6 Å². The van der Waals surface area contributed by atoms with E-state index >= 15 is 0 Å². The summed E-state index contributed by atoms with van der Waals surface area (Å²) < 4.78 is 29.2. The molecule has 2 heterocycles. The summed E-state index contributed by atoms with van der Waals surface area (Å²) in [7, 11) is 0. The molecule has 1 amide bonds. The maximum Gasteiger partial charge on any atom is 0.350 e. The number of anilines is 1. The van der Waals surface area contributed by atoms with Gasteiger partial charge < -0.3 is 5.32 Å². The third kappa shape index (κ3) is 4.75. The molecule has 0 spiro atoms. The lowest BCUT2D eigenvalue weighted by molar-refractivity contribution is -0.117. The topological polar surface area (TPSA) is 81.3 Å². The maximum atomic E-state index is 13.7. The van der Waals surface area contributed by atoms with Gasteiger partial charge in [0.15, 0.2) is 5.65 Å². The molecule has 2 aromatic heterocycles. The second-order valence-corrected chi connectivity index (χ2v) is 7.85. The number of benzene rings is 2. The van der Waals surface area contributed by atoms with Crippen LogP contribution in [0.5, 0.6) is 0 Å². The predicted octanol–water partition coefficient (Wildman–Crippen LogP) is 3.75. The number of rotatable bonds is 6. The highest BCUT2D eigenvalue weighted by Gasteiger charge is 2.16. The Morgan fingerprint density at radius 3 is 2.71 bits per heavy atom. The van der Waals surface area contributed by atoms with Gasteiger partial charge >= 0.3 is 5.69 Å². The van der Waals surface area contributed by atoms with Crippen molar-refractivity contribution in [1.29, 1.82) is 0 Å². The molecule has 0 unspecified atom stereocenters. The van der Waals surface area contributed by atoms with E-state index in [1.807, 2.05) is 12.1 Å². The van der Waals surface area contributed by atoms with Gasteiger partial charge in [-0.1, -0.05) is 35.5 Å². The van der Waals surface area contributed by atoms with Crippen LogP contribution in [0, 0.1) is 11.6 Å². The van der Waals surface area contributed by atoms with Crippen molar-refractivity contribution < 1.29 is 13.6 Å². The van der Waals surface area contributed by atoms with Crippen molar-refractivity contribution in [2.45, 2.75) is 17.3 Å². The third-order valence-corrected chi connectivity index (χ3v) is 5.55. The number of aromatic nitrogens is 4. The Morgan fingerprint density at radius 2 is 1.94 bits per heavy atom. The van der Waals surface area contributed by atoms with Gasteiger partial charge in [-0.2, -0.15) is 0 Å². The molecule has 31 heavy (non-hydrogen) atoms. The summed E-state index contributed by atoms with van der Waals surface area (Å²) in [6, 6.07) is 10.0. The van der Waals surface area contributed by atoms with E-state index < -0.39 is 29.8 Å². The molecule has 158 valence electrons. The Balaban J connectivity index is 1.53. The number of carbonyl (C=O) groups excluding carboxylic acids is 1. The fraction of sp³-hybridized carbons (Fsp3) is 0.100. The number of nitrogens with one attached hydrogen (secondary N) is 1. The first-order valence-corrected chi connectivity index (χ1v) is 10.3. The van der Waals surface area contributed by atoms with Gasteiger partial charge in [0, 0.05) is 29.2 Å². The number of hydrogen-bond acceptors (Lipinski definition) is 5. The smallest absolute Gasteiger partial charge is 0.322 e. The fourth-order valence-electron chi connectivity index (χ4n) is 2.78. The average molecular weight is 462 g/mol. The Labute approximate surface area is 183 Å². The van der Waals surface area contributed by atoms with Crippen LogP contribution in [0.2, 0.25) is 5.02 Å². The number of fused-ring (bicyclic) bond motifs is 1. The summed E-state index contributed by atoms with van der Waals surface area (Å²) >= 11 is 7.27. The van der Waals surface area contributed by atoms with E-state index in [1.165, 1.54) is 28.6 Å². The van der Waals surface area contributed by atoms with Gasteiger partial charge in [-0.05, 0) is 29.8 Å². The van der Waals surface area contributed by atoms with Crippen molar-refractivity contribution in [1.82, 2.24) is 19.2 Å². The molecule has 0 atom stereocenters. The quantitative estimate of drug-likeness (QED) is 0.442. The van der Waals surface area contributed by atoms with E-state index in [9.17, 15) is 18.4 Å². The second kappa shape index (κ2) is 8.86. The van der Waals surface area contributed by atoms with E-state index in [-0.39, 0.29) is 11.3 Å². The van der Waals surface area contributed by atoms with Gasteiger partial charge in [-0.15, -0.1) is 5.10 Å². The molecule has 4 rings (SSSR count). The average Bonchev–Trinajstić information content (AvgIpc) is 3.06. The predicted molar refractivity (Wildman–Crippen MR) is 113 cm³/mol. The number of carbonyl (C=O) groups is 1. The monoisotopic (exact) mass is 461 g/mol. The van der Waals surface area contributed by atoms with Crippen LogP contribution in [-0.4, -0.2) is 25.1 Å². The first-order chi connectivity index (χ1) is 14.9. The van der Waals surface area contributed by atoms with Crippen molar-refractivity contribution in [3.8, 4) is 0 Å². The molecule has 0 radical (unpaired) electrons. The first-order valence-electron chi connectivity index (χ1n) is 8.97. The SMILES string of the molecule is O=C(Cn1nc2c(SCc3ccc(Cl)cc3)nccn2c1=O)Nc1cc(F)ccc1F. The van der Waals surface area contributed by atoms with Crippen LogP contribution >= 0.6 is 23.4 Å². The van der Waals surface area contributed by atoms with Gasteiger partial charge in [0.2, 0.25) is 5.91 Å². The fourth-order valence-corrected chi connectivity index (χ4v) is 3.81. The van der Waals surface area contributed by atoms with Crippen LogP contribution in [0.25, 0.3) is 5.65 Å². The van der Waals surface area contributed by atoms with Crippen LogP contribution in [0.1, 0.15) is 5.56 Å². The van der Waals surface area contributed by atoms with E-state index in [0.29, 0.717) is 15.8 Å². The molecule has 1 N–H and O–H groups in total. The highest BCUT2D eigenvalue weighted by molar-refractivity contribution is 7.98. The lowest BCUT2D eigenvalue weighted by Gasteiger charge is -2.06. The Morgan fingerprint density at radius 1 is 1.16 bits per heavy atom. The zero-order valence-electron chi connectivity index (χ0n) is 15.8. The van der Waals surface area contributed by atoms with Crippen LogP contribution in [0.4, 0.5) is 14.5 Å². The number of amides is 1. The summed E-state index contributed by atoms with van der Waals surface area (Å²) in [5.41, 5.74) is 0.427. The molecule has 0 saturated carbocycles. The zero-order valence-corrected chi connectivity index (χ0v) is 17.3. The lowest BCUT2D eigenvalue weighted by Crippen LogP contribution is -2.28. The minimum absolute atomic E-state index is 0.288. The zero-order chi connectivity index (χ0) is 22.0. The van der Waals surface area contributed by atoms with Gasteiger partial charge in [0.25, 0.3) is 0 Å². The van der Waals surface area contributed by atoms with Crippen molar-refractivity contribution in [2.24, 2.45) is 0 Å². The molecule has 0 fully saturated rings. The number of nitrogens with zero attached hydrogens (tertiary/aromatic N) is 4. The van der Waals surface area contributed by atoms with E-state index in [1.54, 1.807) is 12.1 Å². The van der Waals surface area contributed by atoms with Crippen molar-refractivity contribution in [3.05, 3.63) is 87.6 Å². The number of hydrogen-bond donors (Lipinski definition) is 1. The number of halogens is 3. The van der Waals surface area contributed by atoms with Crippen LogP contribution in [0.15, 0.2) is 64.7 Å². The van der Waals surface area contributed by atoms with Crippen molar-refractivity contribution >= 4 is 40.6 Å². The van der Waals surface area contributed by atoms with Crippen LogP contribution < -0.4 is 11.0 Å². The standard InChI is InChI=1S/C20H14ClF2N5O2S/c21-13-3-1-12(2-4-13)11-31-19-18-26-28(20(30)27(18)8-7-24-19)10-17(29)25-16-9-14(22)5-6-15(16)23/h1-9H,10-11H2,(H,25,29). The largest absolute Gasteiger partial charge is 0.350 e. The molecule has 0 aliphatic carbocycles. The van der Waals surface area contributed by atoms with Crippen molar-refractivity contribution in [2.75, 3.05) is 5.32 Å². The molecular formula is C20H14ClF2N5O2S. The minimum Gasteiger partial charge on any atom is -0.322 e. The first kappa shape index (κ1) is 21.0. The van der Waals surface area contributed by atoms with Gasteiger partial charge in [-0.25, -0.2) is 27.6 Å². The van der Waals surface area contributed by atoms with E-state index in [0.717, 1.165) is 28.4 Å². The summed E-state index contributed by atoms with van der Waals surface area (Å²) in [5.74, 6) is -1.64. The second-order valence-electron chi connectivity index (χ2n) is 6.45. The molecular weight excluding hydrogens is 448 g/mol. The van der Waals surface area contributed by atoms with E-state index in [2.05, 4.69) is 15.4 Å². The van der Waals surface area contributed by atoms with Gasteiger partial charge in [0.05, 0.1) is 5.69 Å². The highest BCUT2D eigenvalue weighted by atomic mass is 35.5. The normalized spacial score (nSPS) is 11.1. The van der Waals surface area contributed by atoms with Crippen LogP contribution in [0.3, 0.4) is 0 Å². The minimum atomic E-state index is -0.790. The van der Waals surface area contributed by atoms with Gasteiger partial charge in [0.1, 0.15) is 23.2 Å². The van der Waals surface area contributed by atoms with Crippen molar-refractivity contribution in [3.63, 3.8) is 0 Å². The molecule has 7 nitrogen and oxygen atoms in total. The highest BCUT2D eigenvalue weighted by Crippen LogP contribution is 2.24. The maximum absolute atomic E-state index is 13.7. The summed E-state index contributed by atoms with van der Waals surface area (Å²) in [6.45, 7) is -0.474. The Hall–Kier alpha value is -3.24. The number of thioether (sulfide) groups is 1.